The number of nitrogens with zero attached hydrogens (tertiary/aromatic N) is 1. The Morgan fingerprint density at radius 2 is 1.90 bits per heavy atom. The molecule has 0 radical (unpaired) electrons. The molecule has 0 spiro atoms. The largest absolute Gasteiger partial charge is 0.398 e. The molecule has 0 aliphatic heterocycles. The topological polar surface area (TPSA) is 85.1 Å². The molecule has 0 aliphatic carbocycles. The first-order valence-electron chi connectivity index (χ1n) is 6.16. The molecule has 0 aliphatic rings. The van der Waals surface area contributed by atoms with E-state index in [0.29, 0.717) is 5.69 Å². The molecular formula is C14H17N3O2S. The molecule has 106 valence electrons. The fraction of sp³-hybridized carbons (Fsp3) is 0.214. The molecular weight excluding hydrogens is 274 g/mol. The third-order valence-electron chi connectivity index (χ3n) is 3.09. The number of benzene rings is 1. The minimum Gasteiger partial charge on any atom is -0.398 e. The summed E-state index contributed by atoms with van der Waals surface area (Å²) in [4.78, 5) is 4.18. The zero-order chi connectivity index (χ0) is 14.8. The van der Waals surface area contributed by atoms with Crippen LogP contribution in [-0.2, 0) is 16.6 Å². The molecule has 1 aromatic carbocycles. The number of hydrogen-bond acceptors (Lipinski definition) is 4. The molecule has 2 aromatic rings. The van der Waals surface area contributed by atoms with Crippen molar-refractivity contribution < 1.29 is 8.42 Å². The van der Waals surface area contributed by atoms with Gasteiger partial charge in [-0.25, -0.2) is 13.1 Å². The minimum absolute atomic E-state index is 0.108. The average molecular weight is 291 g/mol. The van der Waals surface area contributed by atoms with Gasteiger partial charge in [0.1, 0.15) is 4.90 Å². The fourth-order valence-corrected chi connectivity index (χ4v) is 2.99. The SMILES string of the molecule is Cc1cc(N)c(S(=O)(=O)NCc2ccccn2)cc1C. The normalized spacial score (nSPS) is 11.5. The highest BCUT2D eigenvalue weighted by atomic mass is 32.2. The highest BCUT2D eigenvalue weighted by Crippen LogP contribution is 2.22. The summed E-state index contributed by atoms with van der Waals surface area (Å²) in [5, 5.41) is 0. The summed E-state index contributed by atoms with van der Waals surface area (Å²) in [6, 6.07) is 8.60. The van der Waals surface area contributed by atoms with E-state index >= 15 is 0 Å². The molecule has 1 aromatic heterocycles. The van der Waals surface area contributed by atoms with Crippen molar-refractivity contribution in [1.82, 2.24) is 9.71 Å². The van der Waals surface area contributed by atoms with Gasteiger partial charge < -0.3 is 5.73 Å². The van der Waals surface area contributed by atoms with Crippen LogP contribution < -0.4 is 10.5 Å². The van der Waals surface area contributed by atoms with E-state index < -0.39 is 10.0 Å². The number of aryl methyl sites for hydroxylation is 2. The Balaban J connectivity index is 2.25. The predicted octanol–water partition coefficient (Wildman–Crippen LogP) is 1.76. The summed E-state index contributed by atoms with van der Waals surface area (Å²) in [7, 11) is -3.64. The molecule has 0 amide bonds. The lowest BCUT2D eigenvalue weighted by Crippen LogP contribution is -2.24. The maximum atomic E-state index is 12.3. The number of nitrogens with one attached hydrogen (secondary N) is 1. The van der Waals surface area contributed by atoms with E-state index in [1.165, 1.54) is 0 Å². The minimum atomic E-state index is -3.64. The van der Waals surface area contributed by atoms with Gasteiger partial charge in [0.25, 0.3) is 0 Å². The van der Waals surface area contributed by atoms with Crippen LogP contribution in [-0.4, -0.2) is 13.4 Å². The third kappa shape index (κ3) is 3.15. The van der Waals surface area contributed by atoms with Gasteiger partial charge in [0.2, 0.25) is 10.0 Å². The maximum absolute atomic E-state index is 12.3. The first-order chi connectivity index (χ1) is 9.40. The summed E-state index contributed by atoms with van der Waals surface area (Å²) in [6.45, 7) is 3.88. The van der Waals surface area contributed by atoms with Crippen LogP contribution in [0.25, 0.3) is 0 Å². The summed E-state index contributed by atoms with van der Waals surface area (Å²) in [6.07, 6.45) is 1.62. The molecule has 0 saturated heterocycles. The molecule has 20 heavy (non-hydrogen) atoms. The smallest absolute Gasteiger partial charge is 0.242 e. The van der Waals surface area contributed by atoms with Crippen molar-refractivity contribution in [2.45, 2.75) is 25.3 Å². The van der Waals surface area contributed by atoms with E-state index in [1.807, 2.05) is 13.8 Å². The Kier molecular flexibility index (Phi) is 4.06. The average Bonchev–Trinajstić information content (AvgIpc) is 2.42. The Hall–Kier alpha value is -1.92. The highest BCUT2D eigenvalue weighted by Gasteiger charge is 2.18. The Morgan fingerprint density at radius 3 is 2.55 bits per heavy atom. The van der Waals surface area contributed by atoms with Gasteiger partial charge in [-0.05, 0) is 49.2 Å². The van der Waals surface area contributed by atoms with Gasteiger partial charge in [-0.2, -0.15) is 0 Å². The zero-order valence-electron chi connectivity index (χ0n) is 11.4. The van der Waals surface area contributed by atoms with Gasteiger partial charge in [-0.1, -0.05) is 6.07 Å². The van der Waals surface area contributed by atoms with Gasteiger partial charge in [0.15, 0.2) is 0 Å². The lowest BCUT2D eigenvalue weighted by molar-refractivity contribution is 0.580. The maximum Gasteiger partial charge on any atom is 0.242 e. The van der Waals surface area contributed by atoms with Crippen molar-refractivity contribution in [2.24, 2.45) is 0 Å². The molecule has 0 bridgehead atoms. The molecule has 3 N–H and O–H groups in total. The van der Waals surface area contributed by atoms with E-state index in [0.717, 1.165) is 11.1 Å². The Bertz CT molecular complexity index is 713. The Morgan fingerprint density at radius 1 is 1.20 bits per heavy atom. The molecule has 2 rings (SSSR count). The number of nitrogen functional groups attached to an aromatic ring is 1. The number of pyridine rings is 1. The van der Waals surface area contributed by atoms with E-state index in [4.69, 9.17) is 5.73 Å². The van der Waals surface area contributed by atoms with Crippen LogP contribution in [0, 0.1) is 13.8 Å². The van der Waals surface area contributed by atoms with Crippen molar-refractivity contribution in [1.29, 1.82) is 0 Å². The van der Waals surface area contributed by atoms with Crippen LogP contribution in [0.4, 0.5) is 5.69 Å². The molecule has 0 saturated carbocycles. The van der Waals surface area contributed by atoms with Crippen LogP contribution in [0.15, 0.2) is 41.4 Å². The highest BCUT2D eigenvalue weighted by molar-refractivity contribution is 7.89. The monoisotopic (exact) mass is 291 g/mol. The van der Waals surface area contributed by atoms with Crippen molar-refractivity contribution in [3.05, 3.63) is 53.3 Å². The molecule has 5 nitrogen and oxygen atoms in total. The predicted molar refractivity (Wildman–Crippen MR) is 78.6 cm³/mol. The lowest BCUT2D eigenvalue weighted by atomic mass is 10.1. The second-order valence-corrected chi connectivity index (χ2v) is 6.36. The van der Waals surface area contributed by atoms with Crippen molar-refractivity contribution in [3.63, 3.8) is 0 Å². The number of rotatable bonds is 4. The molecule has 0 unspecified atom stereocenters. The van der Waals surface area contributed by atoms with Gasteiger partial charge in [0, 0.05) is 6.20 Å². The molecule has 1 heterocycles. The van der Waals surface area contributed by atoms with Gasteiger partial charge in [-0.3, -0.25) is 4.98 Å². The number of anilines is 1. The second-order valence-electron chi connectivity index (χ2n) is 4.62. The van der Waals surface area contributed by atoms with Gasteiger partial charge in [-0.15, -0.1) is 0 Å². The van der Waals surface area contributed by atoms with Crippen molar-refractivity contribution >= 4 is 15.7 Å². The lowest BCUT2D eigenvalue weighted by Gasteiger charge is -2.11. The first-order valence-corrected chi connectivity index (χ1v) is 7.65. The third-order valence-corrected chi connectivity index (χ3v) is 4.54. The van der Waals surface area contributed by atoms with Crippen LogP contribution in [0.1, 0.15) is 16.8 Å². The summed E-state index contributed by atoms with van der Waals surface area (Å²) >= 11 is 0. The number of aromatic nitrogens is 1. The summed E-state index contributed by atoms with van der Waals surface area (Å²) < 4.78 is 27.1. The van der Waals surface area contributed by atoms with E-state index in [-0.39, 0.29) is 17.1 Å². The van der Waals surface area contributed by atoms with E-state index in [1.54, 1.807) is 36.5 Å². The fourth-order valence-electron chi connectivity index (χ4n) is 1.79. The van der Waals surface area contributed by atoms with Crippen LogP contribution in [0.5, 0.6) is 0 Å². The zero-order valence-corrected chi connectivity index (χ0v) is 12.2. The number of nitrogens with two attached hydrogens (primary N) is 1. The molecule has 0 atom stereocenters. The van der Waals surface area contributed by atoms with Crippen molar-refractivity contribution in [2.75, 3.05) is 5.73 Å². The van der Waals surface area contributed by atoms with Crippen LogP contribution >= 0.6 is 0 Å². The summed E-state index contributed by atoms with van der Waals surface area (Å²) in [5.74, 6) is 0. The van der Waals surface area contributed by atoms with E-state index in [9.17, 15) is 8.42 Å². The molecule has 6 heteroatoms. The van der Waals surface area contributed by atoms with Crippen LogP contribution in [0.3, 0.4) is 0 Å². The van der Waals surface area contributed by atoms with Crippen molar-refractivity contribution in [3.8, 4) is 0 Å². The number of hydrogen-bond donors (Lipinski definition) is 2. The summed E-state index contributed by atoms with van der Waals surface area (Å²) in [5.41, 5.74) is 8.56. The number of sulfonamides is 1. The quantitative estimate of drug-likeness (QED) is 0.841. The van der Waals surface area contributed by atoms with E-state index in [2.05, 4.69) is 9.71 Å². The Labute approximate surface area is 118 Å². The second kappa shape index (κ2) is 5.60. The first kappa shape index (κ1) is 14.5. The van der Waals surface area contributed by atoms with Gasteiger partial charge >= 0.3 is 0 Å². The van der Waals surface area contributed by atoms with Crippen LogP contribution in [0.2, 0.25) is 0 Å². The molecule has 0 fully saturated rings. The standard InChI is InChI=1S/C14H17N3O2S/c1-10-7-13(15)14(8-11(10)2)20(18,19)17-9-12-5-3-4-6-16-12/h3-8,17H,9,15H2,1-2H3. The van der Waals surface area contributed by atoms with Gasteiger partial charge in [0.05, 0.1) is 17.9 Å².